The monoisotopic (exact) mass is 237 g/mol. The van der Waals surface area contributed by atoms with Gasteiger partial charge in [-0.2, -0.15) is 0 Å². The molecule has 0 amide bonds. The van der Waals surface area contributed by atoms with Crippen LogP contribution in [0.1, 0.15) is 13.3 Å². The molecule has 1 heterocycles. The largest absolute Gasteiger partial charge is 0.395 e. The molecule has 0 aliphatic rings. The number of nitrogens with two attached hydrogens (primary N) is 1. The molecule has 0 spiro atoms. The van der Waals surface area contributed by atoms with E-state index in [1.165, 1.54) is 0 Å². The van der Waals surface area contributed by atoms with E-state index in [0.717, 1.165) is 22.3 Å². The molecular weight excluding hydrogens is 222 g/mol. The van der Waals surface area contributed by atoms with Gasteiger partial charge in [-0.3, -0.25) is 0 Å². The van der Waals surface area contributed by atoms with Crippen LogP contribution in [0.25, 0.3) is 10.2 Å². The third-order valence-electron chi connectivity index (χ3n) is 2.61. The lowest BCUT2D eigenvalue weighted by Crippen LogP contribution is -2.23. The maximum atomic E-state index is 9.13. The van der Waals surface area contributed by atoms with Crippen LogP contribution in [-0.2, 0) is 0 Å². The second-order valence-electron chi connectivity index (χ2n) is 3.66. The molecule has 0 fully saturated rings. The summed E-state index contributed by atoms with van der Waals surface area (Å²) >= 11 is 1.57. The lowest BCUT2D eigenvalue weighted by Gasteiger charge is -2.17. The van der Waals surface area contributed by atoms with Gasteiger partial charge in [-0.15, -0.1) is 11.3 Å². The summed E-state index contributed by atoms with van der Waals surface area (Å²) in [5, 5.41) is 12.4. The molecule has 2 rings (SSSR count). The van der Waals surface area contributed by atoms with Crippen LogP contribution in [-0.4, -0.2) is 22.7 Å². The third-order valence-corrected chi connectivity index (χ3v) is 3.41. The van der Waals surface area contributed by atoms with Crippen molar-refractivity contribution in [2.75, 3.05) is 17.7 Å². The van der Waals surface area contributed by atoms with Gasteiger partial charge in [-0.1, -0.05) is 6.92 Å². The SMILES string of the molecule is CCC(CO)Nc1ccc2scnc2c1N. The molecule has 0 radical (unpaired) electrons. The summed E-state index contributed by atoms with van der Waals surface area (Å²) in [6, 6.07) is 3.97. The number of nitrogens with one attached hydrogen (secondary N) is 1. The first-order chi connectivity index (χ1) is 7.76. The van der Waals surface area contributed by atoms with Crippen LogP contribution in [0.5, 0.6) is 0 Å². The van der Waals surface area contributed by atoms with Crippen molar-refractivity contribution >= 4 is 32.9 Å². The van der Waals surface area contributed by atoms with Gasteiger partial charge in [0.05, 0.1) is 28.2 Å². The molecule has 16 heavy (non-hydrogen) atoms. The van der Waals surface area contributed by atoms with Crippen LogP contribution in [0.2, 0.25) is 0 Å². The van der Waals surface area contributed by atoms with E-state index in [-0.39, 0.29) is 12.6 Å². The Morgan fingerprint density at radius 2 is 2.38 bits per heavy atom. The molecule has 1 aromatic carbocycles. The van der Waals surface area contributed by atoms with Crippen molar-refractivity contribution in [3.8, 4) is 0 Å². The highest BCUT2D eigenvalue weighted by Crippen LogP contribution is 2.30. The third kappa shape index (κ3) is 1.96. The highest BCUT2D eigenvalue weighted by molar-refractivity contribution is 7.16. The molecule has 0 bridgehead atoms. The average Bonchev–Trinajstić information content (AvgIpc) is 2.77. The van der Waals surface area contributed by atoms with Gasteiger partial charge in [0, 0.05) is 6.04 Å². The molecule has 1 atom stereocenters. The van der Waals surface area contributed by atoms with E-state index in [0.29, 0.717) is 5.69 Å². The number of benzene rings is 1. The Labute approximate surface area is 98.1 Å². The summed E-state index contributed by atoms with van der Waals surface area (Å²) in [4.78, 5) is 4.23. The number of nitrogen functional groups attached to an aromatic ring is 1. The van der Waals surface area contributed by atoms with Gasteiger partial charge in [0.2, 0.25) is 0 Å². The van der Waals surface area contributed by atoms with Crippen LogP contribution < -0.4 is 11.1 Å². The summed E-state index contributed by atoms with van der Waals surface area (Å²) in [7, 11) is 0. The van der Waals surface area contributed by atoms with Crippen molar-refractivity contribution in [3.63, 3.8) is 0 Å². The number of hydrogen-bond acceptors (Lipinski definition) is 5. The molecule has 0 saturated carbocycles. The zero-order valence-corrected chi connectivity index (χ0v) is 9.92. The predicted molar refractivity (Wildman–Crippen MR) is 68.8 cm³/mol. The fourth-order valence-corrected chi connectivity index (χ4v) is 2.27. The minimum atomic E-state index is 0.0402. The fourth-order valence-electron chi connectivity index (χ4n) is 1.57. The van der Waals surface area contributed by atoms with Crippen molar-refractivity contribution in [3.05, 3.63) is 17.6 Å². The zero-order valence-electron chi connectivity index (χ0n) is 9.10. The maximum absolute atomic E-state index is 9.13. The summed E-state index contributed by atoms with van der Waals surface area (Å²) in [5.41, 5.74) is 10.1. The number of thiazole rings is 1. The summed E-state index contributed by atoms with van der Waals surface area (Å²) in [6.45, 7) is 2.12. The molecule has 0 saturated heterocycles. The topological polar surface area (TPSA) is 71.2 Å². The summed E-state index contributed by atoms with van der Waals surface area (Å²) in [5.74, 6) is 0. The van der Waals surface area contributed by atoms with Gasteiger partial charge in [0.15, 0.2) is 0 Å². The standard InChI is InChI=1S/C11H15N3OS/c1-2-7(5-15)14-8-3-4-9-11(10(8)12)13-6-16-9/h3-4,6-7,14-15H,2,5,12H2,1H3. The van der Waals surface area contributed by atoms with E-state index in [9.17, 15) is 0 Å². The van der Waals surface area contributed by atoms with E-state index >= 15 is 0 Å². The Balaban J connectivity index is 2.33. The van der Waals surface area contributed by atoms with E-state index in [4.69, 9.17) is 10.8 Å². The first-order valence-corrected chi connectivity index (χ1v) is 6.13. The number of anilines is 2. The molecule has 1 aromatic heterocycles. The number of fused-ring (bicyclic) bond motifs is 1. The average molecular weight is 237 g/mol. The number of aromatic nitrogens is 1. The van der Waals surface area contributed by atoms with E-state index < -0.39 is 0 Å². The first kappa shape index (κ1) is 11.2. The van der Waals surface area contributed by atoms with Crippen molar-refractivity contribution in [2.45, 2.75) is 19.4 Å². The molecular formula is C11H15N3OS. The highest BCUT2D eigenvalue weighted by atomic mass is 32.1. The minimum absolute atomic E-state index is 0.0402. The number of hydrogen-bond donors (Lipinski definition) is 3. The lowest BCUT2D eigenvalue weighted by molar-refractivity contribution is 0.272. The van der Waals surface area contributed by atoms with Crippen LogP contribution in [0.3, 0.4) is 0 Å². The van der Waals surface area contributed by atoms with Crippen molar-refractivity contribution in [2.24, 2.45) is 0 Å². The first-order valence-electron chi connectivity index (χ1n) is 5.25. The molecule has 0 aliphatic heterocycles. The lowest BCUT2D eigenvalue weighted by atomic mass is 10.2. The molecule has 5 heteroatoms. The van der Waals surface area contributed by atoms with Gasteiger partial charge in [0.1, 0.15) is 5.52 Å². The Hall–Kier alpha value is -1.33. The van der Waals surface area contributed by atoms with Gasteiger partial charge in [-0.05, 0) is 18.6 Å². The van der Waals surface area contributed by atoms with Crippen molar-refractivity contribution < 1.29 is 5.11 Å². The van der Waals surface area contributed by atoms with Crippen molar-refractivity contribution in [1.82, 2.24) is 4.98 Å². The molecule has 0 aliphatic carbocycles. The van der Waals surface area contributed by atoms with Crippen LogP contribution >= 0.6 is 11.3 Å². The Morgan fingerprint density at radius 3 is 3.06 bits per heavy atom. The second-order valence-corrected chi connectivity index (χ2v) is 4.54. The zero-order chi connectivity index (χ0) is 11.5. The fraction of sp³-hybridized carbons (Fsp3) is 0.364. The number of rotatable bonds is 4. The molecule has 1 unspecified atom stereocenters. The maximum Gasteiger partial charge on any atom is 0.106 e. The Bertz CT molecular complexity index is 479. The van der Waals surface area contributed by atoms with E-state index in [1.807, 2.05) is 19.1 Å². The Morgan fingerprint density at radius 1 is 1.56 bits per heavy atom. The number of aliphatic hydroxyl groups excluding tert-OH is 1. The van der Waals surface area contributed by atoms with Gasteiger partial charge >= 0.3 is 0 Å². The van der Waals surface area contributed by atoms with E-state index in [1.54, 1.807) is 16.8 Å². The van der Waals surface area contributed by atoms with Crippen molar-refractivity contribution in [1.29, 1.82) is 0 Å². The number of aliphatic hydroxyl groups is 1. The van der Waals surface area contributed by atoms with Gasteiger partial charge < -0.3 is 16.2 Å². The normalized spacial score (nSPS) is 12.9. The molecule has 2 aromatic rings. The van der Waals surface area contributed by atoms with Crippen LogP contribution in [0.15, 0.2) is 17.6 Å². The quantitative estimate of drug-likeness (QED) is 0.712. The highest BCUT2D eigenvalue weighted by Gasteiger charge is 2.10. The molecule has 4 nitrogen and oxygen atoms in total. The van der Waals surface area contributed by atoms with Crippen LogP contribution in [0, 0.1) is 0 Å². The van der Waals surface area contributed by atoms with Crippen LogP contribution in [0.4, 0.5) is 11.4 Å². The summed E-state index contributed by atoms with van der Waals surface area (Å²) in [6.07, 6.45) is 0.852. The Kier molecular flexibility index (Phi) is 3.26. The molecule has 4 N–H and O–H groups in total. The molecule has 86 valence electrons. The minimum Gasteiger partial charge on any atom is -0.395 e. The predicted octanol–water partition coefficient (Wildman–Crippen LogP) is 2.06. The smallest absolute Gasteiger partial charge is 0.106 e. The second kappa shape index (κ2) is 4.67. The van der Waals surface area contributed by atoms with E-state index in [2.05, 4.69) is 10.3 Å². The van der Waals surface area contributed by atoms with Gasteiger partial charge in [0.25, 0.3) is 0 Å². The summed E-state index contributed by atoms with van der Waals surface area (Å²) < 4.78 is 1.08. The number of nitrogens with zero attached hydrogens (tertiary/aromatic N) is 1. The van der Waals surface area contributed by atoms with Gasteiger partial charge in [-0.25, -0.2) is 4.98 Å².